The number of benzene rings is 1. The second kappa shape index (κ2) is 7.41. The molecule has 0 radical (unpaired) electrons. The number of rotatable bonds is 3. The summed E-state index contributed by atoms with van der Waals surface area (Å²) in [5, 5.41) is 0. The number of ether oxygens (including phenoxy) is 2. The van der Waals surface area contributed by atoms with Crippen LogP contribution in [0.25, 0.3) is 0 Å². The van der Waals surface area contributed by atoms with E-state index in [1.165, 1.54) is 41.6 Å². The normalized spacial score (nSPS) is 20.3. The standard InChI is InChI=1S/C24H36N2O3/c1-6-24(9-10-24)16-26-13-14-28-20-15-18-7-11-25(22(27)29-23(3,4)5)12-8-19(18)17(2)21(20)26/h15H,6-14,16H2,1-5H3. The van der Waals surface area contributed by atoms with Crippen molar-refractivity contribution in [2.45, 2.75) is 72.3 Å². The van der Waals surface area contributed by atoms with Crippen molar-refractivity contribution in [2.24, 2.45) is 5.41 Å². The van der Waals surface area contributed by atoms with Gasteiger partial charge in [0.2, 0.25) is 0 Å². The SMILES string of the molecule is CCC1(CN2CCOc3cc4c(c(C)c32)CCN(C(=O)OC(C)(C)C)CC4)CC1. The molecule has 2 heterocycles. The van der Waals surface area contributed by atoms with Gasteiger partial charge in [0.15, 0.2) is 0 Å². The topological polar surface area (TPSA) is 42.0 Å². The van der Waals surface area contributed by atoms with Crippen molar-refractivity contribution >= 4 is 11.8 Å². The molecule has 3 aliphatic rings. The fraction of sp³-hybridized carbons (Fsp3) is 0.708. The van der Waals surface area contributed by atoms with E-state index >= 15 is 0 Å². The Morgan fingerprint density at radius 2 is 1.93 bits per heavy atom. The van der Waals surface area contributed by atoms with Crippen molar-refractivity contribution in [1.29, 1.82) is 0 Å². The summed E-state index contributed by atoms with van der Waals surface area (Å²) in [6.07, 6.45) is 5.49. The Balaban J connectivity index is 1.57. The van der Waals surface area contributed by atoms with Gasteiger partial charge in [-0.15, -0.1) is 0 Å². The number of nitrogens with zero attached hydrogens (tertiary/aromatic N) is 2. The van der Waals surface area contributed by atoms with Crippen LogP contribution in [0, 0.1) is 12.3 Å². The van der Waals surface area contributed by atoms with Crippen LogP contribution in [0.3, 0.4) is 0 Å². The van der Waals surface area contributed by atoms with Crippen molar-refractivity contribution in [3.63, 3.8) is 0 Å². The van der Waals surface area contributed by atoms with E-state index in [2.05, 4.69) is 24.8 Å². The maximum absolute atomic E-state index is 12.6. The van der Waals surface area contributed by atoms with Gasteiger partial charge in [0.25, 0.3) is 0 Å². The maximum atomic E-state index is 12.6. The van der Waals surface area contributed by atoms with E-state index in [4.69, 9.17) is 9.47 Å². The second-order valence-corrected chi connectivity index (χ2v) is 10.1. The summed E-state index contributed by atoms with van der Waals surface area (Å²) in [7, 11) is 0. The molecule has 1 fully saturated rings. The molecule has 0 N–H and O–H groups in total. The van der Waals surface area contributed by atoms with Gasteiger partial charge in [-0.1, -0.05) is 6.92 Å². The molecule has 1 saturated carbocycles. The molecule has 1 aromatic rings. The predicted octanol–water partition coefficient (Wildman–Crippen LogP) is 4.72. The molecule has 0 bridgehead atoms. The highest BCUT2D eigenvalue weighted by Gasteiger charge is 2.43. The highest BCUT2D eigenvalue weighted by Crippen LogP contribution is 2.51. The van der Waals surface area contributed by atoms with Crippen LogP contribution in [-0.2, 0) is 17.6 Å². The molecule has 2 aliphatic heterocycles. The van der Waals surface area contributed by atoms with Gasteiger partial charge in [0.1, 0.15) is 18.0 Å². The maximum Gasteiger partial charge on any atom is 0.410 e. The van der Waals surface area contributed by atoms with E-state index in [0.29, 0.717) is 18.5 Å². The predicted molar refractivity (Wildman–Crippen MR) is 116 cm³/mol. The van der Waals surface area contributed by atoms with Gasteiger partial charge in [-0.05, 0) is 88.0 Å². The Bertz CT molecular complexity index is 792. The molecule has 1 aromatic carbocycles. The molecule has 0 spiro atoms. The van der Waals surface area contributed by atoms with E-state index in [1.807, 2.05) is 25.7 Å². The molecule has 0 saturated heterocycles. The minimum atomic E-state index is -0.461. The second-order valence-electron chi connectivity index (χ2n) is 10.1. The first kappa shape index (κ1) is 20.4. The minimum absolute atomic E-state index is 0.204. The molecule has 5 nitrogen and oxygen atoms in total. The summed E-state index contributed by atoms with van der Waals surface area (Å²) in [5.41, 5.74) is 5.41. The molecular weight excluding hydrogens is 364 g/mol. The largest absolute Gasteiger partial charge is 0.490 e. The Kier molecular flexibility index (Phi) is 5.20. The average Bonchev–Trinajstić information content (AvgIpc) is 3.44. The number of anilines is 1. The van der Waals surface area contributed by atoms with Crippen molar-refractivity contribution in [2.75, 3.05) is 37.7 Å². The van der Waals surface area contributed by atoms with Gasteiger partial charge >= 0.3 is 6.09 Å². The van der Waals surface area contributed by atoms with Crippen LogP contribution in [0.5, 0.6) is 5.75 Å². The first-order chi connectivity index (χ1) is 13.7. The molecule has 1 aliphatic carbocycles. The van der Waals surface area contributed by atoms with Crippen molar-refractivity contribution in [3.8, 4) is 5.75 Å². The monoisotopic (exact) mass is 400 g/mol. The summed E-state index contributed by atoms with van der Waals surface area (Å²) >= 11 is 0. The van der Waals surface area contributed by atoms with Crippen LogP contribution in [0.1, 0.15) is 63.6 Å². The minimum Gasteiger partial charge on any atom is -0.490 e. The summed E-state index contributed by atoms with van der Waals surface area (Å²) in [5.74, 6) is 1.03. The van der Waals surface area contributed by atoms with Crippen LogP contribution in [0.4, 0.5) is 10.5 Å². The molecule has 1 amide bonds. The average molecular weight is 401 g/mol. The van der Waals surface area contributed by atoms with Crippen LogP contribution in [0.15, 0.2) is 6.07 Å². The lowest BCUT2D eigenvalue weighted by Crippen LogP contribution is -2.38. The quantitative estimate of drug-likeness (QED) is 0.736. The highest BCUT2D eigenvalue weighted by molar-refractivity contribution is 5.71. The van der Waals surface area contributed by atoms with E-state index in [-0.39, 0.29) is 6.09 Å². The molecular formula is C24H36N2O3. The smallest absolute Gasteiger partial charge is 0.410 e. The molecule has 160 valence electrons. The third kappa shape index (κ3) is 4.19. The summed E-state index contributed by atoms with van der Waals surface area (Å²) < 4.78 is 11.7. The Morgan fingerprint density at radius 1 is 1.21 bits per heavy atom. The van der Waals surface area contributed by atoms with Gasteiger partial charge < -0.3 is 19.3 Å². The van der Waals surface area contributed by atoms with E-state index < -0.39 is 5.60 Å². The lowest BCUT2D eigenvalue weighted by atomic mass is 9.93. The number of hydrogen-bond acceptors (Lipinski definition) is 4. The molecule has 29 heavy (non-hydrogen) atoms. The van der Waals surface area contributed by atoms with E-state index in [0.717, 1.165) is 38.3 Å². The zero-order valence-corrected chi connectivity index (χ0v) is 18.8. The van der Waals surface area contributed by atoms with Crippen LogP contribution >= 0.6 is 0 Å². The number of amides is 1. The number of fused-ring (bicyclic) bond motifs is 2. The summed E-state index contributed by atoms with van der Waals surface area (Å²) in [6, 6.07) is 2.24. The van der Waals surface area contributed by atoms with Gasteiger partial charge in [-0.2, -0.15) is 0 Å². The van der Waals surface area contributed by atoms with Gasteiger partial charge in [-0.25, -0.2) is 4.79 Å². The molecule has 4 rings (SSSR count). The van der Waals surface area contributed by atoms with E-state index in [9.17, 15) is 4.79 Å². The zero-order valence-electron chi connectivity index (χ0n) is 18.8. The summed E-state index contributed by atoms with van der Waals surface area (Å²) in [4.78, 5) is 17.0. The number of carbonyl (C=O) groups is 1. The Morgan fingerprint density at radius 3 is 2.59 bits per heavy atom. The van der Waals surface area contributed by atoms with E-state index in [1.54, 1.807) is 0 Å². The molecule has 5 heteroatoms. The van der Waals surface area contributed by atoms with Crippen molar-refractivity contribution in [1.82, 2.24) is 4.90 Å². The Labute approximate surface area is 175 Å². The van der Waals surface area contributed by atoms with Crippen molar-refractivity contribution < 1.29 is 14.3 Å². The lowest BCUT2D eigenvalue weighted by Gasteiger charge is -2.36. The highest BCUT2D eigenvalue weighted by atomic mass is 16.6. The van der Waals surface area contributed by atoms with Gasteiger partial charge in [0.05, 0.1) is 12.2 Å². The van der Waals surface area contributed by atoms with Gasteiger partial charge in [0, 0.05) is 19.6 Å². The number of carbonyl (C=O) groups excluding carboxylic acids is 1. The molecule has 0 unspecified atom stereocenters. The Hall–Kier alpha value is -1.91. The first-order valence-electron chi connectivity index (χ1n) is 11.2. The van der Waals surface area contributed by atoms with Gasteiger partial charge in [-0.3, -0.25) is 0 Å². The van der Waals surface area contributed by atoms with Crippen LogP contribution in [0.2, 0.25) is 0 Å². The zero-order chi connectivity index (χ0) is 20.8. The van der Waals surface area contributed by atoms with Crippen LogP contribution in [-0.4, -0.2) is 49.4 Å². The van der Waals surface area contributed by atoms with Crippen molar-refractivity contribution in [3.05, 3.63) is 22.8 Å². The third-order valence-electron chi connectivity index (χ3n) is 6.84. The van der Waals surface area contributed by atoms with Crippen LogP contribution < -0.4 is 9.64 Å². The fourth-order valence-electron chi connectivity index (χ4n) is 4.82. The first-order valence-corrected chi connectivity index (χ1v) is 11.2. The number of hydrogen-bond donors (Lipinski definition) is 0. The summed E-state index contributed by atoms with van der Waals surface area (Å²) in [6.45, 7) is 14.6. The fourth-order valence-corrected chi connectivity index (χ4v) is 4.82. The third-order valence-corrected chi connectivity index (χ3v) is 6.84. The molecule has 0 aromatic heterocycles. The lowest BCUT2D eigenvalue weighted by molar-refractivity contribution is 0.0258. The molecule has 0 atom stereocenters.